The third kappa shape index (κ3) is 7.14. The van der Waals surface area contributed by atoms with Crippen LogP contribution in [0.5, 0.6) is 5.75 Å². The molecule has 3 aromatic rings. The summed E-state index contributed by atoms with van der Waals surface area (Å²) in [7, 11) is 1.34. The van der Waals surface area contributed by atoms with E-state index in [1.807, 2.05) is 23.0 Å². The molecular formula is C28H34BrN7O4S2. The fraction of sp³-hybridized carbons (Fsp3) is 0.464. The zero-order valence-corrected chi connectivity index (χ0v) is 26.7. The summed E-state index contributed by atoms with van der Waals surface area (Å²) in [5.41, 5.74) is 2.48. The van der Waals surface area contributed by atoms with Crippen LogP contribution in [0.3, 0.4) is 0 Å². The molecule has 2 amide bonds. The molecule has 1 atom stereocenters. The average molecular weight is 677 g/mol. The van der Waals surface area contributed by atoms with E-state index >= 15 is 0 Å². The highest BCUT2D eigenvalue weighted by Gasteiger charge is 2.27. The van der Waals surface area contributed by atoms with Crippen LogP contribution in [-0.2, 0) is 16.1 Å². The lowest BCUT2D eigenvalue weighted by atomic mass is 9.93. The molecule has 1 saturated heterocycles. The van der Waals surface area contributed by atoms with Gasteiger partial charge in [0.15, 0.2) is 16.3 Å². The van der Waals surface area contributed by atoms with Crippen LogP contribution in [0.25, 0.3) is 17.2 Å². The summed E-state index contributed by atoms with van der Waals surface area (Å²) in [4.78, 5) is 40.1. The highest BCUT2D eigenvalue weighted by molar-refractivity contribution is 9.10. The van der Waals surface area contributed by atoms with E-state index < -0.39 is 12.0 Å². The summed E-state index contributed by atoms with van der Waals surface area (Å²) in [6, 6.07) is 3.19. The van der Waals surface area contributed by atoms with E-state index in [0.29, 0.717) is 54.9 Å². The zero-order valence-electron chi connectivity index (χ0n) is 23.5. The molecule has 0 spiro atoms. The standard InChI is InChI=1S/C28H34BrN7O4S2/c1-39-26(37)20(8-13-41-2)32-28(38)35-9-5-17(6-10-35)7-11-36-16-31-24(30)23-25(36)34-27(33-23)42-22-14-18-4-3-12-40-21(18)15-19(22)29/h3-4,14-17,20,30H,5-13H2,1-2H3,(H,32,38)(H,33,34)/t20-/m0/s1. The van der Waals surface area contributed by atoms with Crippen molar-refractivity contribution >= 4 is 68.7 Å². The maximum absolute atomic E-state index is 12.8. The normalized spacial score (nSPS) is 15.7. The summed E-state index contributed by atoms with van der Waals surface area (Å²) in [5.74, 6) is 1.63. The van der Waals surface area contributed by atoms with Crippen molar-refractivity contribution in [3.8, 4) is 5.75 Å². The van der Waals surface area contributed by atoms with Crippen molar-refractivity contribution in [2.75, 3.05) is 38.8 Å². The van der Waals surface area contributed by atoms with Crippen LogP contribution in [-0.4, -0.2) is 81.3 Å². The lowest BCUT2D eigenvalue weighted by Crippen LogP contribution is -2.50. The van der Waals surface area contributed by atoms with Crippen LogP contribution in [0.15, 0.2) is 39.1 Å². The highest BCUT2D eigenvalue weighted by atomic mass is 79.9. The number of aromatic nitrogens is 4. The lowest BCUT2D eigenvalue weighted by Gasteiger charge is -2.33. The Balaban J connectivity index is 1.19. The number of carbonyl (C=O) groups excluding carboxylic acids is 2. The fourth-order valence-corrected chi connectivity index (χ4v) is 6.96. The second kappa shape index (κ2) is 14.0. The van der Waals surface area contributed by atoms with Crippen molar-refractivity contribution in [3.63, 3.8) is 0 Å². The van der Waals surface area contributed by atoms with Gasteiger partial charge in [0.2, 0.25) is 0 Å². The van der Waals surface area contributed by atoms with Crippen molar-refractivity contribution < 1.29 is 19.1 Å². The van der Waals surface area contributed by atoms with Gasteiger partial charge in [0, 0.05) is 34.6 Å². The number of hydrogen-bond donors (Lipinski definition) is 3. The van der Waals surface area contributed by atoms with Gasteiger partial charge in [-0.3, -0.25) is 5.41 Å². The van der Waals surface area contributed by atoms with E-state index in [4.69, 9.17) is 19.9 Å². The number of hydrogen-bond acceptors (Lipinski definition) is 9. The molecule has 4 heterocycles. The van der Waals surface area contributed by atoms with E-state index in [0.717, 1.165) is 45.7 Å². The number of imidazole rings is 1. The number of benzene rings is 1. The Morgan fingerprint density at radius 1 is 1.33 bits per heavy atom. The van der Waals surface area contributed by atoms with Gasteiger partial charge in [-0.25, -0.2) is 19.6 Å². The maximum Gasteiger partial charge on any atom is 0.328 e. The molecular weight excluding hydrogens is 642 g/mol. The molecule has 2 aliphatic heterocycles. The minimum Gasteiger partial charge on any atom is -0.489 e. The van der Waals surface area contributed by atoms with Gasteiger partial charge >= 0.3 is 12.0 Å². The molecule has 42 heavy (non-hydrogen) atoms. The number of nitrogens with one attached hydrogen (secondary N) is 3. The van der Waals surface area contributed by atoms with E-state index in [1.165, 1.54) is 18.9 Å². The molecule has 14 heteroatoms. The minimum absolute atomic E-state index is 0.156. The van der Waals surface area contributed by atoms with Crippen molar-refractivity contribution in [2.45, 2.75) is 48.3 Å². The monoisotopic (exact) mass is 675 g/mol. The molecule has 3 N–H and O–H groups in total. The van der Waals surface area contributed by atoms with E-state index in [1.54, 1.807) is 23.0 Å². The Bertz CT molecular complexity index is 1530. The van der Waals surface area contributed by atoms with E-state index in [-0.39, 0.29) is 11.5 Å². The maximum atomic E-state index is 12.8. The summed E-state index contributed by atoms with van der Waals surface area (Å²) >= 11 is 6.76. The summed E-state index contributed by atoms with van der Waals surface area (Å²) < 4.78 is 13.5. The first-order valence-electron chi connectivity index (χ1n) is 13.8. The number of ether oxygens (including phenoxy) is 2. The average Bonchev–Trinajstić information content (AvgIpc) is 3.44. The van der Waals surface area contributed by atoms with Gasteiger partial charge in [-0.15, -0.1) is 0 Å². The van der Waals surface area contributed by atoms with Gasteiger partial charge in [0.1, 0.15) is 23.9 Å². The summed E-state index contributed by atoms with van der Waals surface area (Å²) in [5, 5.41) is 11.9. The number of thioether (sulfide) groups is 1. The third-order valence-electron chi connectivity index (χ3n) is 7.48. The van der Waals surface area contributed by atoms with Crippen LogP contribution in [0, 0.1) is 11.3 Å². The number of rotatable bonds is 10. The number of esters is 1. The van der Waals surface area contributed by atoms with E-state index in [2.05, 4.69) is 43.4 Å². The predicted octanol–water partition coefficient (Wildman–Crippen LogP) is 4.66. The summed E-state index contributed by atoms with van der Waals surface area (Å²) in [6.07, 6.45) is 10.9. The Hall–Kier alpha value is -2.97. The van der Waals surface area contributed by atoms with Gasteiger partial charge in [0.05, 0.1) is 13.4 Å². The number of fused-ring (bicyclic) bond motifs is 2. The largest absolute Gasteiger partial charge is 0.489 e. The highest BCUT2D eigenvalue weighted by Crippen LogP contribution is 2.38. The topological polar surface area (TPSA) is 138 Å². The van der Waals surface area contributed by atoms with Gasteiger partial charge in [-0.2, -0.15) is 11.8 Å². The van der Waals surface area contributed by atoms with Gasteiger partial charge in [0.25, 0.3) is 0 Å². The van der Waals surface area contributed by atoms with Crippen molar-refractivity contribution in [1.82, 2.24) is 29.7 Å². The van der Waals surface area contributed by atoms with Crippen molar-refractivity contribution in [2.24, 2.45) is 5.92 Å². The van der Waals surface area contributed by atoms with Crippen LogP contribution in [0.2, 0.25) is 0 Å². The number of likely N-dealkylation sites (tertiary alicyclic amines) is 1. The summed E-state index contributed by atoms with van der Waals surface area (Å²) in [6.45, 7) is 2.55. The minimum atomic E-state index is -0.630. The number of methoxy groups -OCH3 is 1. The molecule has 0 aliphatic carbocycles. The number of H-pyrrole nitrogens is 1. The molecule has 0 bridgehead atoms. The number of urea groups is 1. The number of piperidine rings is 1. The quantitative estimate of drug-likeness (QED) is 0.264. The smallest absolute Gasteiger partial charge is 0.328 e. The number of aromatic amines is 1. The fourth-order valence-electron chi connectivity index (χ4n) is 5.09. The van der Waals surface area contributed by atoms with Crippen molar-refractivity contribution in [3.05, 3.63) is 40.1 Å². The molecule has 2 aromatic heterocycles. The van der Waals surface area contributed by atoms with Crippen molar-refractivity contribution in [1.29, 1.82) is 5.41 Å². The Labute approximate surface area is 260 Å². The number of amides is 2. The van der Waals surface area contributed by atoms with Crippen LogP contribution in [0.4, 0.5) is 4.79 Å². The molecule has 0 radical (unpaired) electrons. The predicted molar refractivity (Wildman–Crippen MR) is 167 cm³/mol. The SMILES string of the molecule is COC(=O)[C@H](CCSC)NC(=O)N1CCC(CCn2cnc(=N)c3[nH]c(Sc4cc5c(cc4Br)OCC=C5)nc32)CC1. The van der Waals surface area contributed by atoms with E-state index in [9.17, 15) is 9.59 Å². The Morgan fingerprint density at radius 2 is 2.14 bits per heavy atom. The number of carbonyl (C=O) groups is 2. The Morgan fingerprint density at radius 3 is 2.90 bits per heavy atom. The van der Waals surface area contributed by atoms with Gasteiger partial charge < -0.3 is 29.2 Å². The van der Waals surface area contributed by atoms with Crippen LogP contribution in [0.1, 0.15) is 31.2 Å². The molecule has 0 saturated carbocycles. The molecule has 1 aromatic carbocycles. The second-order valence-electron chi connectivity index (χ2n) is 10.2. The first-order chi connectivity index (χ1) is 20.4. The molecule has 11 nitrogen and oxygen atoms in total. The molecule has 1 fully saturated rings. The van der Waals surface area contributed by atoms with Crippen LogP contribution < -0.4 is 15.5 Å². The molecule has 224 valence electrons. The second-order valence-corrected chi connectivity index (χ2v) is 13.1. The number of nitrogens with zero attached hydrogens (tertiary/aromatic N) is 4. The molecule has 2 aliphatic rings. The lowest BCUT2D eigenvalue weighted by molar-refractivity contribution is -0.142. The first-order valence-corrected chi connectivity index (χ1v) is 16.8. The number of aryl methyl sites for hydroxylation is 1. The molecule has 5 rings (SSSR count). The Kier molecular flexibility index (Phi) is 10.2. The van der Waals surface area contributed by atoms with Gasteiger partial charge in [-0.05, 0) is 77.7 Å². The van der Waals surface area contributed by atoms with Gasteiger partial charge in [-0.1, -0.05) is 17.8 Å². The third-order valence-corrected chi connectivity index (χ3v) is 9.98. The molecule has 0 unspecified atom stereocenters. The number of halogens is 1. The first kappa shape index (κ1) is 30.5. The van der Waals surface area contributed by atoms with Crippen LogP contribution >= 0.6 is 39.5 Å². The zero-order chi connectivity index (χ0) is 29.6.